The van der Waals surface area contributed by atoms with Gasteiger partial charge in [-0.15, -0.1) is 0 Å². The summed E-state index contributed by atoms with van der Waals surface area (Å²) in [7, 11) is -1.32. The average Bonchev–Trinajstić information content (AvgIpc) is 1.38. The van der Waals surface area contributed by atoms with Crippen LogP contribution in [0.5, 0.6) is 0 Å². The van der Waals surface area contributed by atoms with Gasteiger partial charge in [-0.3, -0.25) is 0 Å². The molecule has 0 spiro atoms. The molecule has 0 aliphatic heterocycles. The Balaban J connectivity index is 3.35. The minimum atomic E-state index is -1.32. The van der Waals surface area contributed by atoms with Gasteiger partial charge in [-0.05, 0) is 0 Å². The normalized spacial score (nSPS) is 9.20. The highest BCUT2D eigenvalue weighted by Gasteiger charge is 1.90. The minimum absolute atomic E-state index is 1.32. The van der Waals surface area contributed by atoms with E-state index in [-0.39, 0.29) is 0 Å². The smallest absolute Gasteiger partial charge is 0.0651 e. The first-order valence-corrected chi connectivity index (χ1v) is 2.85. The lowest BCUT2D eigenvalue weighted by Crippen LogP contribution is -1.34. The fourth-order valence-corrected chi connectivity index (χ4v) is 0. The van der Waals surface area contributed by atoms with Crippen molar-refractivity contribution in [3.8, 4) is 12.1 Å². The largest absolute Gasteiger partial charge is 0.425 e. The second kappa shape index (κ2) is 1.93. The SMILES string of the molecule is C#C[P+](C)=O. The zero-order chi connectivity index (χ0) is 4.28. The standard InChI is InChI=1S/C3H4OP/c1-3-5(2)4/h1H,2H3/q+1. The monoisotopic (exact) mass is 87.0 g/mol. The van der Waals surface area contributed by atoms with Gasteiger partial charge in [0, 0.05) is 0 Å². The molecule has 2 heteroatoms. The van der Waals surface area contributed by atoms with E-state index in [1.807, 2.05) is 5.66 Å². The Morgan fingerprint density at radius 3 is 2.20 bits per heavy atom. The van der Waals surface area contributed by atoms with Crippen molar-refractivity contribution in [3.63, 3.8) is 0 Å². The predicted octanol–water partition coefficient (Wildman–Crippen LogP) is 1.03. The first-order valence-electron chi connectivity index (χ1n) is 1.14. The average molecular weight is 87.0 g/mol. The Bertz CT molecular complexity index is 79.4. The van der Waals surface area contributed by atoms with Gasteiger partial charge in [-0.25, -0.2) is 0 Å². The predicted molar refractivity (Wildman–Crippen MR) is 22.4 cm³/mol. The molecule has 0 aliphatic carbocycles. The van der Waals surface area contributed by atoms with E-state index >= 15 is 0 Å². The summed E-state index contributed by atoms with van der Waals surface area (Å²) in [5.74, 6) is 0. The topological polar surface area (TPSA) is 17.1 Å². The van der Waals surface area contributed by atoms with Gasteiger partial charge in [0.15, 0.2) is 5.66 Å². The molecule has 1 atom stereocenters. The van der Waals surface area contributed by atoms with E-state index in [1.165, 1.54) is 6.66 Å². The van der Waals surface area contributed by atoms with E-state index in [0.717, 1.165) is 0 Å². The van der Waals surface area contributed by atoms with Crippen molar-refractivity contribution in [2.24, 2.45) is 0 Å². The third-order valence-electron chi connectivity index (χ3n) is 0.182. The quantitative estimate of drug-likeness (QED) is 0.318. The summed E-state index contributed by atoms with van der Waals surface area (Å²) < 4.78 is 9.72. The van der Waals surface area contributed by atoms with Gasteiger partial charge < -0.3 is 0 Å². The minimum Gasteiger partial charge on any atom is -0.0651 e. The Morgan fingerprint density at radius 1 is 2.00 bits per heavy atom. The van der Waals surface area contributed by atoms with Crippen LogP contribution in [0, 0.1) is 12.1 Å². The van der Waals surface area contributed by atoms with Crippen LogP contribution in [0.25, 0.3) is 0 Å². The zero-order valence-corrected chi connectivity index (χ0v) is 3.83. The maximum atomic E-state index is 9.72. The third kappa shape index (κ3) is 3.66. The van der Waals surface area contributed by atoms with Crippen LogP contribution >= 0.6 is 7.80 Å². The lowest BCUT2D eigenvalue weighted by Gasteiger charge is -1.38. The van der Waals surface area contributed by atoms with Crippen molar-refractivity contribution in [2.45, 2.75) is 0 Å². The molecule has 0 radical (unpaired) electrons. The van der Waals surface area contributed by atoms with Crippen LogP contribution in [0.15, 0.2) is 0 Å². The van der Waals surface area contributed by atoms with E-state index in [1.54, 1.807) is 0 Å². The van der Waals surface area contributed by atoms with Crippen LogP contribution < -0.4 is 0 Å². The van der Waals surface area contributed by atoms with Gasteiger partial charge in [0.1, 0.15) is 6.66 Å². The molecule has 0 fully saturated rings. The highest BCUT2D eigenvalue weighted by Crippen LogP contribution is 2.06. The fourth-order valence-electron chi connectivity index (χ4n) is 0. The van der Waals surface area contributed by atoms with Crippen LogP contribution in [0.4, 0.5) is 0 Å². The molecule has 0 aromatic heterocycles. The van der Waals surface area contributed by atoms with Crippen LogP contribution in [0.1, 0.15) is 0 Å². The molecule has 0 saturated carbocycles. The Labute approximate surface area is 32.2 Å². The molecule has 0 rings (SSSR count). The van der Waals surface area contributed by atoms with Crippen molar-refractivity contribution in [3.05, 3.63) is 0 Å². The first-order chi connectivity index (χ1) is 2.27. The van der Waals surface area contributed by atoms with Gasteiger partial charge in [-0.1, -0.05) is 11.0 Å². The summed E-state index contributed by atoms with van der Waals surface area (Å²) >= 11 is 0. The van der Waals surface area contributed by atoms with E-state index in [2.05, 4.69) is 6.42 Å². The maximum Gasteiger partial charge on any atom is 0.425 e. The Morgan fingerprint density at radius 2 is 2.20 bits per heavy atom. The number of terminal acetylenes is 1. The molecule has 0 aromatic carbocycles. The number of hydrogen-bond acceptors (Lipinski definition) is 1. The summed E-state index contributed by atoms with van der Waals surface area (Å²) in [6.45, 7) is 1.50. The van der Waals surface area contributed by atoms with Gasteiger partial charge in [-0.2, -0.15) is 0 Å². The third-order valence-corrected chi connectivity index (χ3v) is 0.545. The molecule has 0 bridgehead atoms. The molecule has 0 heterocycles. The Kier molecular flexibility index (Phi) is 1.80. The van der Waals surface area contributed by atoms with Crippen LogP contribution in [-0.4, -0.2) is 6.66 Å². The molecule has 0 saturated heterocycles. The van der Waals surface area contributed by atoms with Gasteiger partial charge in [0.25, 0.3) is 0 Å². The molecule has 1 nitrogen and oxygen atoms in total. The second-order valence-corrected chi connectivity index (χ2v) is 1.88. The highest BCUT2D eigenvalue weighted by atomic mass is 31.1. The molecular weight excluding hydrogens is 83.0 g/mol. The van der Waals surface area contributed by atoms with Gasteiger partial charge in [0.05, 0.1) is 0 Å². The maximum absolute atomic E-state index is 9.72. The van der Waals surface area contributed by atoms with E-state index in [9.17, 15) is 4.57 Å². The molecule has 0 aromatic rings. The molecule has 0 aliphatic rings. The summed E-state index contributed by atoms with van der Waals surface area (Å²) in [5.41, 5.74) is 2.04. The van der Waals surface area contributed by atoms with E-state index in [0.29, 0.717) is 0 Å². The lowest BCUT2D eigenvalue weighted by molar-refractivity contribution is 0.597. The molecule has 0 amide bonds. The van der Waals surface area contributed by atoms with E-state index < -0.39 is 7.80 Å². The fraction of sp³-hybridized carbons (Fsp3) is 0.333. The van der Waals surface area contributed by atoms with Crippen LogP contribution in [-0.2, 0) is 4.57 Å². The molecule has 0 N–H and O–H groups in total. The molecular formula is C3H4OP+. The Hall–Kier alpha value is -0.340. The van der Waals surface area contributed by atoms with Crippen molar-refractivity contribution < 1.29 is 4.57 Å². The van der Waals surface area contributed by atoms with Crippen molar-refractivity contribution in [1.82, 2.24) is 0 Å². The molecule has 1 unspecified atom stereocenters. The molecule has 26 valence electrons. The summed E-state index contributed by atoms with van der Waals surface area (Å²) in [5, 5.41) is 0. The summed E-state index contributed by atoms with van der Waals surface area (Å²) in [6.07, 6.45) is 4.64. The number of hydrogen-bond donors (Lipinski definition) is 0. The van der Waals surface area contributed by atoms with E-state index in [4.69, 9.17) is 0 Å². The number of rotatable bonds is 0. The lowest BCUT2D eigenvalue weighted by atomic mass is 11.4. The van der Waals surface area contributed by atoms with Gasteiger partial charge in [0.2, 0.25) is 0 Å². The van der Waals surface area contributed by atoms with Crippen molar-refractivity contribution in [2.75, 3.05) is 6.66 Å². The summed E-state index contributed by atoms with van der Waals surface area (Å²) in [6, 6.07) is 0. The summed E-state index contributed by atoms with van der Waals surface area (Å²) in [4.78, 5) is 0. The van der Waals surface area contributed by atoms with Crippen LogP contribution in [0.3, 0.4) is 0 Å². The van der Waals surface area contributed by atoms with Crippen molar-refractivity contribution in [1.29, 1.82) is 0 Å². The highest BCUT2D eigenvalue weighted by molar-refractivity contribution is 7.49. The first kappa shape index (κ1) is 4.66. The molecule has 5 heavy (non-hydrogen) atoms. The van der Waals surface area contributed by atoms with Crippen LogP contribution in [0.2, 0.25) is 0 Å². The van der Waals surface area contributed by atoms with Crippen molar-refractivity contribution >= 4 is 7.80 Å². The second-order valence-electron chi connectivity index (χ2n) is 0.627. The van der Waals surface area contributed by atoms with Gasteiger partial charge >= 0.3 is 7.80 Å². The zero-order valence-electron chi connectivity index (χ0n) is 2.93.